The molecule has 0 saturated carbocycles. The van der Waals surface area contributed by atoms with Gasteiger partial charge in [0.25, 0.3) is 0 Å². The van der Waals surface area contributed by atoms with E-state index in [1.54, 1.807) is 0 Å². The molecular weight excluding hydrogens is 341 g/mol. The fourth-order valence-electron chi connectivity index (χ4n) is 2.56. The van der Waals surface area contributed by atoms with Crippen LogP contribution in [0.15, 0.2) is 53.9 Å². The van der Waals surface area contributed by atoms with Crippen LogP contribution in [0.3, 0.4) is 0 Å². The van der Waals surface area contributed by atoms with Crippen LogP contribution >= 0.6 is 11.6 Å². The van der Waals surface area contributed by atoms with Crippen LogP contribution in [0.4, 0.5) is 4.39 Å². The highest BCUT2D eigenvalue weighted by molar-refractivity contribution is 7.92. The Hall–Kier alpha value is -1.99. The number of allylic oxidation sites excluding steroid dienone is 1. The summed E-state index contributed by atoms with van der Waals surface area (Å²) >= 11 is 6.33. The molecule has 1 aliphatic heterocycles. The van der Waals surface area contributed by atoms with Gasteiger partial charge in [0.15, 0.2) is 9.84 Å². The number of hydrogen-bond acceptors (Lipinski definition) is 4. The predicted octanol–water partition coefficient (Wildman–Crippen LogP) is 2.59. The van der Waals surface area contributed by atoms with Crippen molar-refractivity contribution in [3.05, 3.63) is 54.8 Å². The fourth-order valence-corrected chi connectivity index (χ4v) is 4.51. The molecule has 3 rings (SSSR count). The molecule has 2 heterocycles. The highest BCUT2D eigenvalue weighted by atomic mass is 35.5. The molecule has 120 valence electrons. The number of benzene rings is 1. The minimum atomic E-state index is -3.68. The number of hydrogen-bond donors (Lipinski definition) is 0. The van der Waals surface area contributed by atoms with Crippen molar-refractivity contribution >= 4 is 27.7 Å². The lowest BCUT2D eigenvalue weighted by atomic mass is 10.1. The zero-order chi connectivity index (χ0) is 16.7. The SMILES string of the molecule is CS(=O)(=O)C1(n2ccnc2-c2ccc(F)cc2)C=NC=CC1Cl. The second-order valence-electron chi connectivity index (χ2n) is 5.17. The third kappa shape index (κ3) is 2.49. The number of halogens is 2. The Balaban J connectivity index is 2.25. The van der Waals surface area contributed by atoms with Gasteiger partial charge in [-0.2, -0.15) is 0 Å². The summed E-state index contributed by atoms with van der Waals surface area (Å²) in [4.78, 5) is 6.60. The van der Waals surface area contributed by atoms with E-state index in [9.17, 15) is 12.8 Å². The molecule has 2 aromatic rings. The first-order valence-electron chi connectivity index (χ1n) is 6.71. The smallest absolute Gasteiger partial charge is 0.203 e. The Kier molecular flexibility index (Phi) is 3.85. The van der Waals surface area contributed by atoms with E-state index >= 15 is 0 Å². The maximum atomic E-state index is 13.1. The van der Waals surface area contributed by atoms with Crippen LogP contribution < -0.4 is 0 Å². The summed E-state index contributed by atoms with van der Waals surface area (Å²) in [5.41, 5.74) is 0.575. The summed E-state index contributed by atoms with van der Waals surface area (Å²) in [7, 11) is -3.68. The molecule has 1 aliphatic rings. The average Bonchev–Trinajstić information content (AvgIpc) is 2.97. The summed E-state index contributed by atoms with van der Waals surface area (Å²) in [6, 6.07) is 5.63. The third-order valence-electron chi connectivity index (χ3n) is 3.71. The Bertz CT molecular complexity index is 890. The lowest BCUT2D eigenvalue weighted by molar-refractivity contribution is 0.514. The Labute approximate surface area is 138 Å². The van der Waals surface area contributed by atoms with E-state index in [4.69, 9.17) is 11.6 Å². The van der Waals surface area contributed by atoms with Crippen LogP contribution in [0.25, 0.3) is 11.4 Å². The summed E-state index contributed by atoms with van der Waals surface area (Å²) < 4.78 is 39.7. The van der Waals surface area contributed by atoms with E-state index in [2.05, 4.69) is 9.98 Å². The van der Waals surface area contributed by atoms with E-state index in [1.165, 1.54) is 59.7 Å². The summed E-state index contributed by atoms with van der Waals surface area (Å²) in [5, 5.41) is -0.858. The van der Waals surface area contributed by atoms with E-state index < -0.39 is 20.1 Å². The molecule has 0 saturated heterocycles. The van der Waals surface area contributed by atoms with Crippen molar-refractivity contribution < 1.29 is 12.8 Å². The maximum absolute atomic E-state index is 13.1. The molecule has 1 aromatic carbocycles. The van der Waals surface area contributed by atoms with Crippen molar-refractivity contribution in [1.29, 1.82) is 0 Å². The molecule has 0 bridgehead atoms. The second-order valence-corrected chi connectivity index (χ2v) is 7.84. The molecule has 2 atom stereocenters. The number of imidazole rings is 1. The third-order valence-corrected chi connectivity index (χ3v) is 6.06. The van der Waals surface area contributed by atoms with Crippen LogP contribution in [0.1, 0.15) is 0 Å². The first kappa shape index (κ1) is 15.9. The van der Waals surface area contributed by atoms with Gasteiger partial charge in [-0.1, -0.05) is 0 Å². The lowest BCUT2D eigenvalue weighted by Crippen LogP contribution is -2.50. The molecule has 0 radical (unpaired) electrons. The number of aliphatic imine (C=N–C) groups is 1. The first-order valence-corrected chi connectivity index (χ1v) is 9.03. The second kappa shape index (κ2) is 5.58. The average molecular weight is 354 g/mol. The molecule has 23 heavy (non-hydrogen) atoms. The van der Waals surface area contributed by atoms with E-state index in [0.29, 0.717) is 11.4 Å². The van der Waals surface area contributed by atoms with Gasteiger partial charge < -0.3 is 4.57 Å². The number of nitrogens with zero attached hydrogens (tertiary/aromatic N) is 3. The van der Waals surface area contributed by atoms with Crippen LogP contribution in [0, 0.1) is 5.82 Å². The van der Waals surface area contributed by atoms with Crippen molar-refractivity contribution in [3.63, 3.8) is 0 Å². The fraction of sp³-hybridized carbons (Fsp3) is 0.200. The van der Waals surface area contributed by atoms with E-state index in [0.717, 1.165) is 6.26 Å². The molecular formula is C15H13ClFN3O2S. The van der Waals surface area contributed by atoms with Gasteiger partial charge >= 0.3 is 0 Å². The number of aromatic nitrogens is 2. The maximum Gasteiger partial charge on any atom is 0.203 e. The molecule has 1 aromatic heterocycles. The highest BCUT2D eigenvalue weighted by Gasteiger charge is 2.49. The quantitative estimate of drug-likeness (QED) is 0.797. The van der Waals surface area contributed by atoms with Gasteiger partial charge in [-0.25, -0.2) is 17.8 Å². The molecule has 0 aliphatic carbocycles. The topological polar surface area (TPSA) is 64.3 Å². The Morgan fingerprint density at radius 1 is 1.30 bits per heavy atom. The van der Waals surface area contributed by atoms with Crippen molar-refractivity contribution in [3.8, 4) is 11.4 Å². The Morgan fingerprint density at radius 2 is 2.00 bits per heavy atom. The number of rotatable bonds is 3. The predicted molar refractivity (Wildman–Crippen MR) is 87.7 cm³/mol. The highest BCUT2D eigenvalue weighted by Crippen LogP contribution is 2.36. The van der Waals surface area contributed by atoms with Gasteiger partial charge in [0.05, 0.1) is 5.38 Å². The van der Waals surface area contributed by atoms with Crippen LogP contribution in [0.5, 0.6) is 0 Å². The summed E-state index contributed by atoms with van der Waals surface area (Å²) in [6.45, 7) is 0. The van der Waals surface area contributed by atoms with E-state index in [-0.39, 0.29) is 5.82 Å². The summed E-state index contributed by atoms with van der Waals surface area (Å²) in [5.74, 6) is -0.0233. The van der Waals surface area contributed by atoms with Crippen molar-refractivity contribution in [2.75, 3.05) is 6.26 Å². The van der Waals surface area contributed by atoms with E-state index in [1.807, 2.05) is 0 Å². The monoisotopic (exact) mass is 353 g/mol. The van der Waals surface area contributed by atoms with Gasteiger partial charge in [0.1, 0.15) is 11.6 Å². The zero-order valence-corrected chi connectivity index (χ0v) is 13.7. The van der Waals surface area contributed by atoms with Gasteiger partial charge in [-0.15, -0.1) is 11.6 Å². The van der Waals surface area contributed by atoms with Crippen LogP contribution in [-0.4, -0.2) is 35.8 Å². The van der Waals surface area contributed by atoms with Crippen molar-refractivity contribution in [2.24, 2.45) is 4.99 Å². The van der Waals surface area contributed by atoms with Crippen LogP contribution in [0.2, 0.25) is 0 Å². The normalized spacial score (nSPS) is 24.0. The first-order chi connectivity index (χ1) is 10.9. The molecule has 5 nitrogen and oxygen atoms in total. The molecule has 2 unspecified atom stereocenters. The number of alkyl halides is 1. The molecule has 0 N–H and O–H groups in total. The minimum absolute atomic E-state index is 0.364. The largest absolute Gasteiger partial charge is 0.305 e. The standard InChI is InChI=1S/C15H13ClFN3O2S/c1-23(21,22)15(10-18-7-6-13(15)16)20-9-8-19-14(20)11-2-4-12(17)5-3-11/h2-10,13H,1H3. The van der Waals surface area contributed by atoms with Gasteiger partial charge in [-0.3, -0.25) is 4.99 Å². The molecule has 0 fully saturated rings. The Morgan fingerprint density at radius 3 is 2.61 bits per heavy atom. The zero-order valence-electron chi connectivity index (χ0n) is 12.1. The number of sulfone groups is 1. The molecule has 8 heteroatoms. The van der Waals surface area contributed by atoms with Gasteiger partial charge in [0, 0.05) is 36.6 Å². The van der Waals surface area contributed by atoms with Gasteiger partial charge in [0.2, 0.25) is 4.87 Å². The lowest BCUT2D eigenvalue weighted by Gasteiger charge is -2.35. The molecule has 0 spiro atoms. The van der Waals surface area contributed by atoms with Gasteiger partial charge in [-0.05, 0) is 30.3 Å². The van der Waals surface area contributed by atoms with Crippen molar-refractivity contribution in [2.45, 2.75) is 10.2 Å². The molecule has 0 amide bonds. The summed E-state index contributed by atoms with van der Waals surface area (Å²) in [6.07, 6.45) is 8.37. The minimum Gasteiger partial charge on any atom is -0.305 e. The van der Waals surface area contributed by atoms with Crippen LogP contribution in [-0.2, 0) is 14.7 Å². The van der Waals surface area contributed by atoms with Crippen molar-refractivity contribution in [1.82, 2.24) is 9.55 Å².